The molecule has 136 valence electrons. The fourth-order valence-corrected chi connectivity index (χ4v) is 2.55. The molecule has 26 heavy (non-hydrogen) atoms. The van der Waals surface area contributed by atoms with Crippen molar-refractivity contribution in [3.63, 3.8) is 0 Å². The molecule has 1 N–H and O–H groups in total. The minimum Gasteiger partial charge on any atom is -0.452 e. The van der Waals surface area contributed by atoms with Gasteiger partial charge < -0.3 is 10.1 Å². The molecule has 0 saturated heterocycles. The fourth-order valence-electron chi connectivity index (χ4n) is 2.55. The molecule has 0 atom stereocenters. The normalized spacial score (nSPS) is 10.5. The zero-order valence-corrected chi connectivity index (χ0v) is 14.8. The van der Waals surface area contributed by atoms with Crippen LogP contribution in [0.4, 0.5) is 11.4 Å². The topological polar surface area (TPSA) is 98.5 Å². The van der Waals surface area contributed by atoms with Gasteiger partial charge in [-0.2, -0.15) is 0 Å². The van der Waals surface area contributed by atoms with Gasteiger partial charge in [-0.1, -0.05) is 38.1 Å². The van der Waals surface area contributed by atoms with E-state index in [1.54, 1.807) is 12.1 Å². The summed E-state index contributed by atoms with van der Waals surface area (Å²) in [5, 5.41) is 13.7. The number of para-hydroxylation sites is 1. The molecular formula is C19H20N2O5. The Labute approximate surface area is 151 Å². The highest BCUT2D eigenvalue weighted by molar-refractivity contribution is 5.97. The molecule has 0 bridgehead atoms. The average Bonchev–Trinajstić information content (AvgIpc) is 2.60. The summed E-state index contributed by atoms with van der Waals surface area (Å²) in [7, 11) is 0. The van der Waals surface area contributed by atoms with Gasteiger partial charge in [0.15, 0.2) is 6.61 Å². The molecule has 2 aromatic rings. The third-order valence-electron chi connectivity index (χ3n) is 3.91. The first-order valence-corrected chi connectivity index (χ1v) is 8.11. The van der Waals surface area contributed by atoms with Crippen molar-refractivity contribution in [3.8, 4) is 0 Å². The number of hydrogen-bond donors (Lipinski definition) is 1. The first-order valence-electron chi connectivity index (χ1n) is 8.11. The van der Waals surface area contributed by atoms with Crippen molar-refractivity contribution in [2.75, 3.05) is 11.9 Å². The molecule has 0 saturated carbocycles. The Hall–Kier alpha value is -3.22. The number of nitro groups is 1. The molecule has 0 aliphatic carbocycles. The second-order valence-corrected chi connectivity index (χ2v) is 6.07. The second kappa shape index (κ2) is 8.24. The van der Waals surface area contributed by atoms with E-state index in [2.05, 4.69) is 5.32 Å². The van der Waals surface area contributed by atoms with Crippen LogP contribution in [0.15, 0.2) is 42.5 Å². The number of ether oxygens (including phenoxy) is 1. The van der Waals surface area contributed by atoms with E-state index < -0.39 is 23.4 Å². The number of nitrogens with zero attached hydrogens (tertiary/aromatic N) is 1. The van der Waals surface area contributed by atoms with Crippen molar-refractivity contribution in [1.82, 2.24) is 0 Å². The lowest BCUT2D eigenvalue weighted by Gasteiger charge is -2.13. The van der Waals surface area contributed by atoms with Gasteiger partial charge in [-0.15, -0.1) is 0 Å². The van der Waals surface area contributed by atoms with E-state index in [1.165, 1.54) is 25.1 Å². The van der Waals surface area contributed by atoms with Gasteiger partial charge in [0.05, 0.1) is 10.5 Å². The summed E-state index contributed by atoms with van der Waals surface area (Å²) in [6.07, 6.45) is 0. The summed E-state index contributed by atoms with van der Waals surface area (Å²) < 4.78 is 5.00. The summed E-state index contributed by atoms with van der Waals surface area (Å²) in [6, 6.07) is 11.5. The lowest BCUT2D eigenvalue weighted by Crippen LogP contribution is -2.22. The molecule has 2 aromatic carbocycles. The quantitative estimate of drug-likeness (QED) is 0.482. The third kappa shape index (κ3) is 4.44. The number of benzene rings is 2. The van der Waals surface area contributed by atoms with Gasteiger partial charge in [0, 0.05) is 17.3 Å². The van der Waals surface area contributed by atoms with Gasteiger partial charge in [-0.05, 0) is 30.5 Å². The average molecular weight is 356 g/mol. The Morgan fingerprint density at radius 1 is 1.15 bits per heavy atom. The number of esters is 1. The van der Waals surface area contributed by atoms with E-state index in [0.717, 1.165) is 5.56 Å². The number of carbonyl (C=O) groups excluding carboxylic acids is 2. The monoisotopic (exact) mass is 356 g/mol. The molecule has 0 radical (unpaired) electrons. The van der Waals surface area contributed by atoms with Crippen molar-refractivity contribution >= 4 is 23.3 Å². The highest BCUT2D eigenvalue weighted by Gasteiger charge is 2.20. The second-order valence-electron chi connectivity index (χ2n) is 6.07. The summed E-state index contributed by atoms with van der Waals surface area (Å²) in [4.78, 5) is 34.6. The van der Waals surface area contributed by atoms with Crippen LogP contribution in [0.2, 0.25) is 0 Å². The standard InChI is InChI=1S/C19H20N2O5/c1-12(2)14-7-4-5-9-16(14)20-18(22)11-26-19(23)15-8-6-10-17(13(15)3)21(24)25/h4-10,12H,11H2,1-3H3,(H,20,22). The maximum Gasteiger partial charge on any atom is 0.339 e. The zero-order chi connectivity index (χ0) is 19.3. The van der Waals surface area contributed by atoms with Crippen LogP contribution in [-0.2, 0) is 9.53 Å². The SMILES string of the molecule is Cc1c(C(=O)OCC(=O)Nc2ccccc2C(C)C)cccc1[N+](=O)[O-]. The number of rotatable bonds is 6. The maximum absolute atomic E-state index is 12.1. The maximum atomic E-state index is 12.1. The summed E-state index contributed by atoms with van der Waals surface area (Å²) >= 11 is 0. The highest BCUT2D eigenvalue weighted by atomic mass is 16.6. The largest absolute Gasteiger partial charge is 0.452 e. The van der Waals surface area contributed by atoms with E-state index in [0.29, 0.717) is 5.69 Å². The van der Waals surface area contributed by atoms with Crippen LogP contribution in [0.5, 0.6) is 0 Å². The van der Waals surface area contributed by atoms with Gasteiger partial charge in [0.2, 0.25) is 0 Å². The lowest BCUT2D eigenvalue weighted by molar-refractivity contribution is -0.385. The van der Waals surface area contributed by atoms with Gasteiger partial charge in [-0.3, -0.25) is 14.9 Å². The van der Waals surface area contributed by atoms with Gasteiger partial charge in [-0.25, -0.2) is 4.79 Å². The van der Waals surface area contributed by atoms with Gasteiger partial charge >= 0.3 is 5.97 Å². The van der Waals surface area contributed by atoms with E-state index in [1.807, 2.05) is 26.0 Å². The number of hydrogen-bond acceptors (Lipinski definition) is 5. The summed E-state index contributed by atoms with van der Waals surface area (Å²) in [6.45, 7) is 5.01. The molecule has 0 aliphatic heterocycles. The van der Waals surface area contributed by atoms with Crippen molar-refractivity contribution < 1.29 is 19.2 Å². The van der Waals surface area contributed by atoms with Crippen molar-refractivity contribution in [2.24, 2.45) is 0 Å². The first-order chi connectivity index (χ1) is 12.3. The van der Waals surface area contributed by atoms with Crippen molar-refractivity contribution in [2.45, 2.75) is 26.7 Å². The Bertz CT molecular complexity index is 846. The van der Waals surface area contributed by atoms with Crippen LogP contribution in [-0.4, -0.2) is 23.4 Å². The van der Waals surface area contributed by atoms with Gasteiger partial charge in [0.1, 0.15) is 0 Å². The Balaban J connectivity index is 2.03. The van der Waals surface area contributed by atoms with Crippen molar-refractivity contribution in [1.29, 1.82) is 0 Å². The summed E-state index contributed by atoms with van der Waals surface area (Å²) in [5.41, 5.74) is 1.73. The number of amides is 1. The third-order valence-corrected chi connectivity index (χ3v) is 3.91. The van der Waals surface area contributed by atoms with Crippen LogP contribution in [0.3, 0.4) is 0 Å². The van der Waals surface area contributed by atoms with E-state index in [-0.39, 0.29) is 22.7 Å². The van der Waals surface area contributed by atoms with Crippen LogP contribution < -0.4 is 5.32 Å². The molecule has 0 aliphatic rings. The van der Waals surface area contributed by atoms with Crippen LogP contribution in [0, 0.1) is 17.0 Å². The minimum atomic E-state index is -0.779. The smallest absolute Gasteiger partial charge is 0.339 e. The highest BCUT2D eigenvalue weighted by Crippen LogP contribution is 2.24. The molecule has 2 rings (SSSR count). The summed E-state index contributed by atoms with van der Waals surface area (Å²) in [5.74, 6) is -1.03. The molecule has 0 aromatic heterocycles. The van der Waals surface area contributed by atoms with Crippen LogP contribution >= 0.6 is 0 Å². The number of nitrogens with one attached hydrogen (secondary N) is 1. The van der Waals surface area contributed by atoms with Crippen molar-refractivity contribution in [3.05, 3.63) is 69.3 Å². The fraction of sp³-hybridized carbons (Fsp3) is 0.263. The minimum absolute atomic E-state index is 0.0644. The molecule has 0 heterocycles. The predicted molar refractivity (Wildman–Crippen MR) is 97.3 cm³/mol. The predicted octanol–water partition coefficient (Wildman–Crippen LogP) is 3.82. The first kappa shape index (κ1) is 19.1. The number of anilines is 1. The van der Waals surface area contributed by atoms with E-state index in [4.69, 9.17) is 4.74 Å². The molecule has 0 spiro atoms. The Morgan fingerprint density at radius 3 is 2.50 bits per heavy atom. The Morgan fingerprint density at radius 2 is 1.85 bits per heavy atom. The molecule has 0 unspecified atom stereocenters. The van der Waals surface area contributed by atoms with Gasteiger partial charge in [0.25, 0.3) is 11.6 Å². The number of nitro benzene ring substituents is 1. The Kier molecular flexibility index (Phi) is 6.06. The lowest BCUT2D eigenvalue weighted by atomic mass is 10.0. The van der Waals surface area contributed by atoms with Crippen LogP contribution in [0.1, 0.15) is 41.3 Å². The molecule has 7 nitrogen and oxygen atoms in total. The molecule has 0 fully saturated rings. The number of carbonyl (C=O) groups is 2. The molecular weight excluding hydrogens is 336 g/mol. The molecule has 1 amide bonds. The van der Waals surface area contributed by atoms with E-state index >= 15 is 0 Å². The molecule has 7 heteroatoms. The van der Waals surface area contributed by atoms with Crippen LogP contribution in [0.25, 0.3) is 0 Å². The van der Waals surface area contributed by atoms with E-state index in [9.17, 15) is 19.7 Å². The zero-order valence-electron chi connectivity index (χ0n) is 14.8.